The number of benzene rings is 3. The number of rotatable bonds is 3. The maximum atomic E-state index is 2.35. The van der Waals surface area contributed by atoms with Crippen molar-refractivity contribution >= 4 is 0 Å². The molecule has 0 heterocycles. The highest BCUT2D eigenvalue weighted by Gasteiger charge is 2.38. The van der Waals surface area contributed by atoms with E-state index in [2.05, 4.69) is 92.7 Å². The topological polar surface area (TPSA) is 0 Å². The van der Waals surface area contributed by atoms with Crippen LogP contribution in [0.5, 0.6) is 0 Å². The predicted octanol–water partition coefficient (Wildman–Crippen LogP) is 6.71. The van der Waals surface area contributed by atoms with Gasteiger partial charge in [-0.25, -0.2) is 0 Å². The molecule has 2 atom stereocenters. The average molecular weight is 325 g/mol. The smallest absolute Gasteiger partial charge is 0.0637 e. The second kappa shape index (κ2) is 6.80. The first-order valence-electron chi connectivity index (χ1n) is 9.46. The minimum absolute atomic E-state index is 0.573. The maximum absolute atomic E-state index is 2.35. The number of hydrogen-bond acceptors (Lipinski definition) is 0. The summed E-state index contributed by atoms with van der Waals surface area (Å²) >= 11 is 0. The van der Waals surface area contributed by atoms with Crippen LogP contribution in [0.2, 0.25) is 0 Å². The van der Waals surface area contributed by atoms with E-state index in [0.29, 0.717) is 11.8 Å². The molecular weight excluding hydrogens is 300 g/mol. The van der Waals surface area contributed by atoms with Crippen LogP contribution in [0.15, 0.2) is 78.9 Å². The van der Waals surface area contributed by atoms with Gasteiger partial charge in [-0.1, -0.05) is 32.0 Å². The van der Waals surface area contributed by atoms with E-state index in [1.165, 1.54) is 46.6 Å². The summed E-state index contributed by atoms with van der Waals surface area (Å²) in [4.78, 5) is 0. The van der Waals surface area contributed by atoms with E-state index in [9.17, 15) is 0 Å². The molecule has 0 radical (unpaired) electrons. The average Bonchev–Trinajstić information content (AvgIpc) is 2.80. The second-order valence-corrected chi connectivity index (χ2v) is 6.95. The molecule has 0 fully saturated rings. The van der Waals surface area contributed by atoms with Crippen molar-refractivity contribution in [2.75, 3.05) is 0 Å². The van der Waals surface area contributed by atoms with E-state index in [0.717, 1.165) is 0 Å². The zero-order chi connectivity index (χ0) is 17.2. The lowest BCUT2D eigenvalue weighted by Crippen LogP contribution is -2.10. The Labute approximate surface area is 151 Å². The monoisotopic (exact) mass is 325 g/mol. The summed E-state index contributed by atoms with van der Waals surface area (Å²) in [6.07, 6.45) is 2.35. The summed E-state index contributed by atoms with van der Waals surface area (Å²) in [5.74, 6) is 2.54. The lowest BCUT2D eigenvalue weighted by Gasteiger charge is -2.23. The van der Waals surface area contributed by atoms with Crippen LogP contribution in [0, 0.1) is 5.92 Å². The van der Waals surface area contributed by atoms with Crippen molar-refractivity contribution in [1.82, 2.24) is 0 Å². The summed E-state index contributed by atoms with van der Waals surface area (Å²) in [5.41, 5.74) is 7.14. The first-order valence-corrected chi connectivity index (χ1v) is 9.46. The van der Waals surface area contributed by atoms with E-state index in [1.54, 1.807) is 0 Å². The third kappa shape index (κ3) is 2.66. The Kier molecular flexibility index (Phi) is 4.36. The van der Waals surface area contributed by atoms with Gasteiger partial charge in [0.15, 0.2) is 0 Å². The molecule has 0 spiro atoms. The molecule has 3 aromatic rings. The highest BCUT2D eigenvalue weighted by atomic mass is 14.4. The molecule has 0 aliphatic heterocycles. The lowest BCUT2D eigenvalue weighted by atomic mass is 9.78. The van der Waals surface area contributed by atoms with Crippen molar-refractivity contribution in [1.29, 1.82) is 0 Å². The SMILES string of the molecule is CC[C@H]1c2ccccc2[C+](c2ccccc2)c2ccccc2[C@@H]1CC. The van der Waals surface area contributed by atoms with Gasteiger partial charge in [-0.3, -0.25) is 0 Å². The molecule has 0 saturated heterocycles. The largest absolute Gasteiger partial charge is 0.0643 e. The minimum Gasteiger partial charge on any atom is -0.0643 e. The highest BCUT2D eigenvalue weighted by Crippen LogP contribution is 2.49. The van der Waals surface area contributed by atoms with Crippen LogP contribution in [-0.2, 0) is 0 Å². The van der Waals surface area contributed by atoms with Crippen molar-refractivity contribution < 1.29 is 0 Å². The molecule has 0 aromatic heterocycles. The molecule has 3 aromatic carbocycles. The van der Waals surface area contributed by atoms with E-state index < -0.39 is 0 Å². The molecule has 1 aliphatic carbocycles. The molecule has 0 unspecified atom stereocenters. The third-order valence-corrected chi connectivity index (χ3v) is 5.69. The fourth-order valence-corrected chi connectivity index (χ4v) is 4.60. The van der Waals surface area contributed by atoms with E-state index >= 15 is 0 Å². The molecule has 124 valence electrons. The van der Waals surface area contributed by atoms with Gasteiger partial charge in [0.25, 0.3) is 0 Å². The van der Waals surface area contributed by atoms with Crippen LogP contribution in [0.25, 0.3) is 0 Å². The molecule has 0 N–H and O–H groups in total. The van der Waals surface area contributed by atoms with Crippen LogP contribution in [0.1, 0.15) is 66.3 Å². The Balaban J connectivity index is 2.04. The maximum Gasteiger partial charge on any atom is 0.0637 e. The minimum atomic E-state index is 0.573. The Morgan fingerprint density at radius 3 is 1.52 bits per heavy atom. The van der Waals surface area contributed by atoms with Gasteiger partial charge in [-0.2, -0.15) is 0 Å². The third-order valence-electron chi connectivity index (χ3n) is 5.69. The van der Waals surface area contributed by atoms with E-state index in [1.807, 2.05) is 0 Å². The first-order chi connectivity index (χ1) is 12.3. The molecule has 0 heteroatoms. The molecule has 0 saturated carbocycles. The van der Waals surface area contributed by atoms with Gasteiger partial charge in [0, 0.05) is 23.0 Å². The second-order valence-electron chi connectivity index (χ2n) is 6.95. The summed E-state index contributed by atoms with van der Waals surface area (Å²) in [5, 5.41) is 0. The zero-order valence-electron chi connectivity index (χ0n) is 15.1. The van der Waals surface area contributed by atoms with Gasteiger partial charge in [0.1, 0.15) is 0 Å². The zero-order valence-corrected chi connectivity index (χ0v) is 15.1. The van der Waals surface area contributed by atoms with Gasteiger partial charge in [0.2, 0.25) is 0 Å². The highest BCUT2D eigenvalue weighted by molar-refractivity contribution is 5.64. The van der Waals surface area contributed by atoms with Crippen molar-refractivity contribution in [3.8, 4) is 0 Å². The Hall–Kier alpha value is -2.47. The Morgan fingerprint density at radius 1 is 0.600 bits per heavy atom. The van der Waals surface area contributed by atoms with E-state index in [-0.39, 0.29) is 0 Å². The van der Waals surface area contributed by atoms with Crippen LogP contribution in [0.3, 0.4) is 0 Å². The summed E-state index contributed by atoms with van der Waals surface area (Å²) in [6.45, 7) is 4.67. The van der Waals surface area contributed by atoms with Crippen molar-refractivity contribution in [3.63, 3.8) is 0 Å². The molecule has 0 nitrogen and oxygen atoms in total. The summed E-state index contributed by atoms with van der Waals surface area (Å²) in [7, 11) is 0. The molecular formula is C25H25+. The van der Waals surface area contributed by atoms with Crippen LogP contribution < -0.4 is 0 Å². The molecule has 4 rings (SSSR count). The summed E-state index contributed by atoms with van der Waals surface area (Å²) < 4.78 is 0. The first kappa shape index (κ1) is 16.0. The van der Waals surface area contributed by atoms with Crippen LogP contribution in [-0.4, -0.2) is 0 Å². The van der Waals surface area contributed by atoms with E-state index in [4.69, 9.17) is 0 Å². The predicted molar refractivity (Wildman–Crippen MR) is 106 cm³/mol. The summed E-state index contributed by atoms with van der Waals surface area (Å²) in [6, 6.07) is 29.0. The van der Waals surface area contributed by atoms with Gasteiger partial charge in [-0.15, -0.1) is 0 Å². The Bertz CT molecular complexity index is 793. The standard InChI is InChI=1S/C25H25/c1-3-19-20(4-2)22-15-9-11-17-24(22)25(18-12-6-5-7-13-18)23-16-10-8-14-21(19)23/h5-17,19-20H,3-4H2,1-2H3/q+1/t19-,20-/m1/s1. The molecule has 0 amide bonds. The molecule has 0 bridgehead atoms. The normalized spacial score (nSPS) is 19.0. The van der Waals surface area contributed by atoms with Crippen molar-refractivity contribution in [2.24, 2.45) is 0 Å². The van der Waals surface area contributed by atoms with Crippen molar-refractivity contribution in [3.05, 3.63) is 113 Å². The molecule has 25 heavy (non-hydrogen) atoms. The van der Waals surface area contributed by atoms with Crippen LogP contribution in [0.4, 0.5) is 0 Å². The fourth-order valence-electron chi connectivity index (χ4n) is 4.60. The quantitative estimate of drug-likeness (QED) is 0.470. The number of fused-ring (bicyclic) bond motifs is 2. The van der Waals surface area contributed by atoms with Gasteiger partial charge >= 0.3 is 0 Å². The van der Waals surface area contributed by atoms with Crippen LogP contribution >= 0.6 is 0 Å². The van der Waals surface area contributed by atoms with Gasteiger partial charge in [-0.05, 0) is 73.5 Å². The van der Waals surface area contributed by atoms with Gasteiger partial charge < -0.3 is 0 Å². The van der Waals surface area contributed by atoms with Crippen molar-refractivity contribution in [2.45, 2.75) is 38.5 Å². The Morgan fingerprint density at radius 2 is 1.04 bits per heavy atom. The number of hydrogen-bond donors (Lipinski definition) is 0. The fraction of sp³-hybridized carbons (Fsp3) is 0.240. The molecule has 1 aliphatic rings. The lowest BCUT2D eigenvalue weighted by molar-refractivity contribution is 0.511. The van der Waals surface area contributed by atoms with Gasteiger partial charge in [0.05, 0.1) is 22.6 Å².